The maximum absolute atomic E-state index is 11.5. The van der Waals surface area contributed by atoms with Gasteiger partial charge in [0.05, 0.1) is 0 Å². The van der Waals surface area contributed by atoms with Crippen molar-refractivity contribution in [2.45, 2.75) is 90.0 Å². The summed E-state index contributed by atoms with van der Waals surface area (Å²) in [4.78, 5) is 37.1. The van der Waals surface area contributed by atoms with Crippen LogP contribution in [0.25, 0.3) is 0 Å². The smallest absolute Gasteiger partial charge is 0.330 e. The highest BCUT2D eigenvalue weighted by atomic mass is 16.6. The fourth-order valence-electron chi connectivity index (χ4n) is 2.53. The summed E-state index contributed by atoms with van der Waals surface area (Å²) in [5.74, 6) is -2.45. The average molecular weight is 409 g/mol. The molecule has 1 aromatic rings. The standard InChI is InChI=1S/C17H31NO5.C5H5N/c1-2-3-4-5-6-7-8-9-10-11-16(21)23-17(22)14(18)12-13-15(19)20;1-2-4-6-5-3-1/h14H,2-13,18H2,1H3,(H,19,20);1-5H. The molecule has 3 N–H and O–H groups in total. The number of aromatic nitrogens is 1. The van der Waals surface area contributed by atoms with Crippen molar-refractivity contribution in [2.24, 2.45) is 5.73 Å². The van der Waals surface area contributed by atoms with Gasteiger partial charge in [-0.05, 0) is 25.0 Å². The van der Waals surface area contributed by atoms with Crippen molar-refractivity contribution in [3.63, 3.8) is 0 Å². The number of pyridine rings is 1. The van der Waals surface area contributed by atoms with E-state index in [0.29, 0.717) is 6.42 Å². The van der Waals surface area contributed by atoms with Gasteiger partial charge in [-0.15, -0.1) is 0 Å². The number of hydrogen-bond acceptors (Lipinski definition) is 6. The largest absolute Gasteiger partial charge is 0.481 e. The van der Waals surface area contributed by atoms with Crippen LogP contribution < -0.4 is 5.73 Å². The van der Waals surface area contributed by atoms with Crippen LogP contribution in [0.1, 0.15) is 84.0 Å². The predicted molar refractivity (Wildman–Crippen MR) is 112 cm³/mol. The minimum absolute atomic E-state index is 0.0283. The number of hydrogen-bond donors (Lipinski definition) is 2. The fourth-order valence-corrected chi connectivity index (χ4v) is 2.53. The van der Waals surface area contributed by atoms with Gasteiger partial charge in [-0.3, -0.25) is 14.6 Å². The van der Waals surface area contributed by atoms with E-state index in [2.05, 4.69) is 16.6 Å². The summed E-state index contributed by atoms with van der Waals surface area (Å²) < 4.78 is 4.62. The number of nitrogens with zero attached hydrogens (tertiary/aromatic N) is 1. The Balaban J connectivity index is 0.00000110. The topological polar surface area (TPSA) is 120 Å². The molecule has 0 amide bonds. The molecule has 7 heteroatoms. The monoisotopic (exact) mass is 408 g/mol. The van der Waals surface area contributed by atoms with E-state index in [-0.39, 0.29) is 19.3 Å². The molecule has 0 radical (unpaired) electrons. The lowest BCUT2D eigenvalue weighted by Gasteiger charge is -2.09. The normalized spacial score (nSPS) is 11.1. The molecule has 0 spiro atoms. The second kappa shape index (κ2) is 19.1. The number of carboxylic acid groups (broad SMARTS) is 1. The SMILES string of the molecule is CCCCCCCCCCCC(=O)OC(=O)C(N)CCC(=O)O.c1ccncc1. The van der Waals surface area contributed by atoms with Crippen molar-refractivity contribution in [3.05, 3.63) is 30.6 Å². The Kier molecular flexibility index (Phi) is 17.6. The number of ether oxygens (including phenoxy) is 1. The van der Waals surface area contributed by atoms with Crippen LogP contribution in [-0.4, -0.2) is 34.0 Å². The summed E-state index contributed by atoms with van der Waals surface area (Å²) in [5.41, 5.74) is 5.47. The van der Waals surface area contributed by atoms with Crippen molar-refractivity contribution in [3.8, 4) is 0 Å². The van der Waals surface area contributed by atoms with E-state index in [9.17, 15) is 14.4 Å². The third kappa shape index (κ3) is 18.8. The van der Waals surface area contributed by atoms with E-state index in [0.717, 1.165) is 12.8 Å². The molecule has 0 fully saturated rings. The van der Waals surface area contributed by atoms with Crippen molar-refractivity contribution in [2.75, 3.05) is 0 Å². The van der Waals surface area contributed by atoms with Crippen LogP contribution in [0.3, 0.4) is 0 Å². The molecule has 1 aromatic heterocycles. The van der Waals surface area contributed by atoms with Gasteiger partial charge in [0.1, 0.15) is 6.04 Å². The lowest BCUT2D eigenvalue weighted by molar-refractivity contribution is -0.160. The van der Waals surface area contributed by atoms with Crippen LogP contribution in [-0.2, 0) is 19.1 Å². The maximum Gasteiger partial charge on any atom is 0.330 e. The molecular weight excluding hydrogens is 372 g/mol. The van der Waals surface area contributed by atoms with E-state index >= 15 is 0 Å². The Morgan fingerprint density at radius 3 is 1.90 bits per heavy atom. The molecule has 1 unspecified atom stereocenters. The zero-order valence-electron chi connectivity index (χ0n) is 17.6. The van der Waals surface area contributed by atoms with Gasteiger partial charge >= 0.3 is 17.9 Å². The minimum Gasteiger partial charge on any atom is -0.481 e. The first-order valence-electron chi connectivity index (χ1n) is 10.5. The van der Waals surface area contributed by atoms with Crippen LogP contribution in [0.4, 0.5) is 0 Å². The summed E-state index contributed by atoms with van der Waals surface area (Å²) in [6.45, 7) is 2.20. The number of carbonyl (C=O) groups is 3. The van der Waals surface area contributed by atoms with E-state index in [4.69, 9.17) is 10.8 Å². The zero-order chi connectivity index (χ0) is 21.7. The van der Waals surface area contributed by atoms with Gasteiger partial charge in [-0.1, -0.05) is 64.4 Å². The van der Waals surface area contributed by atoms with Gasteiger partial charge in [0.25, 0.3) is 0 Å². The maximum atomic E-state index is 11.5. The van der Waals surface area contributed by atoms with Crippen molar-refractivity contribution in [1.29, 1.82) is 0 Å². The quantitative estimate of drug-likeness (QED) is 0.268. The highest BCUT2D eigenvalue weighted by Crippen LogP contribution is 2.11. The second-order valence-corrected chi connectivity index (χ2v) is 6.94. The summed E-state index contributed by atoms with van der Waals surface area (Å²) >= 11 is 0. The lowest BCUT2D eigenvalue weighted by atomic mass is 10.1. The first-order chi connectivity index (χ1) is 14.0. The van der Waals surface area contributed by atoms with E-state index in [1.165, 1.54) is 38.5 Å². The Bertz CT molecular complexity index is 525. The van der Waals surface area contributed by atoms with E-state index < -0.39 is 23.9 Å². The Hall–Kier alpha value is -2.28. The Labute approximate surface area is 174 Å². The number of carboxylic acids is 1. The van der Waals surface area contributed by atoms with Crippen LogP contribution in [0.2, 0.25) is 0 Å². The number of carbonyl (C=O) groups excluding carboxylic acids is 2. The molecule has 164 valence electrons. The molecule has 1 rings (SSSR count). The van der Waals surface area contributed by atoms with Gasteiger partial charge < -0.3 is 15.6 Å². The van der Waals surface area contributed by atoms with Crippen molar-refractivity contribution >= 4 is 17.9 Å². The summed E-state index contributed by atoms with van der Waals surface area (Å²) in [6, 6.07) is 4.66. The predicted octanol–water partition coefficient (Wildman–Crippen LogP) is 4.25. The molecule has 0 saturated heterocycles. The van der Waals surface area contributed by atoms with Gasteiger partial charge in [0, 0.05) is 25.2 Å². The average Bonchev–Trinajstić information content (AvgIpc) is 2.72. The van der Waals surface area contributed by atoms with Gasteiger partial charge in [-0.2, -0.15) is 0 Å². The number of esters is 2. The number of nitrogens with two attached hydrogens (primary N) is 1. The van der Waals surface area contributed by atoms with Gasteiger partial charge in [0.15, 0.2) is 0 Å². The minimum atomic E-state index is -1.06. The van der Waals surface area contributed by atoms with E-state index in [1.807, 2.05) is 18.2 Å². The molecule has 1 atom stereocenters. The number of rotatable bonds is 14. The highest BCUT2D eigenvalue weighted by Gasteiger charge is 2.19. The molecule has 1 heterocycles. The summed E-state index contributed by atoms with van der Waals surface area (Å²) in [7, 11) is 0. The first-order valence-corrected chi connectivity index (χ1v) is 10.5. The Morgan fingerprint density at radius 2 is 1.45 bits per heavy atom. The van der Waals surface area contributed by atoms with Gasteiger partial charge in [-0.25, -0.2) is 4.79 Å². The molecule has 7 nitrogen and oxygen atoms in total. The van der Waals surface area contributed by atoms with Gasteiger partial charge in [0.2, 0.25) is 0 Å². The molecule has 0 aromatic carbocycles. The van der Waals surface area contributed by atoms with Crippen LogP contribution in [0.15, 0.2) is 30.6 Å². The molecular formula is C22H36N2O5. The molecule has 0 aliphatic rings. The van der Waals surface area contributed by atoms with Crippen LogP contribution >= 0.6 is 0 Å². The van der Waals surface area contributed by atoms with Crippen molar-refractivity contribution in [1.82, 2.24) is 4.98 Å². The second-order valence-electron chi connectivity index (χ2n) is 6.94. The third-order valence-corrected chi connectivity index (χ3v) is 4.24. The van der Waals surface area contributed by atoms with Crippen LogP contribution in [0.5, 0.6) is 0 Å². The third-order valence-electron chi connectivity index (χ3n) is 4.24. The molecule has 0 bridgehead atoms. The molecule has 0 saturated carbocycles. The number of aliphatic carboxylic acids is 1. The molecule has 0 aliphatic carbocycles. The fraction of sp³-hybridized carbons (Fsp3) is 0.636. The van der Waals surface area contributed by atoms with Crippen molar-refractivity contribution < 1.29 is 24.2 Å². The van der Waals surface area contributed by atoms with Crippen LogP contribution in [0, 0.1) is 0 Å². The van der Waals surface area contributed by atoms with E-state index in [1.54, 1.807) is 12.4 Å². The Morgan fingerprint density at radius 1 is 0.897 bits per heavy atom. The highest BCUT2D eigenvalue weighted by molar-refractivity contribution is 5.88. The number of unbranched alkanes of at least 4 members (excludes halogenated alkanes) is 8. The molecule has 29 heavy (non-hydrogen) atoms. The lowest BCUT2D eigenvalue weighted by Crippen LogP contribution is -2.34. The zero-order valence-corrected chi connectivity index (χ0v) is 17.6. The first kappa shape index (κ1) is 26.7. The summed E-state index contributed by atoms with van der Waals surface area (Å²) in [5, 5.41) is 8.50. The summed E-state index contributed by atoms with van der Waals surface area (Å²) in [6.07, 6.45) is 13.7. The molecule has 0 aliphatic heterocycles.